The Labute approximate surface area is 147 Å². The Hall–Kier alpha value is -0.200. The van der Waals surface area contributed by atoms with Crippen molar-refractivity contribution in [3.63, 3.8) is 0 Å². The van der Waals surface area contributed by atoms with E-state index >= 15 is 0 Å². The third kappa shape index (κ3) is 4.17. The number of aliphatic carboxylic acids is 1. The summed E-state index contributed by atoms with van der Waals surface area (Å²) < 4.78 is 36.1. The quantitative estimate of drug-likeness (QED) is 0.380. The minimum atomic E-state index is -4.95. The van der Waals surface area contributed by atoms with Crippen LogP contribution in [0.5, 0.6) is 0 Å². The number of hydrogen-bond acceptors (Lipinski definition) is 6. The Balaban J connectivity index is 0.00000200. The van der Waals surface area contributed by atoms with Crippen LogP contribution in [-0.4, -0.2) is 45.3 Å². The first-order chi connectivity index (χ1) is 8.71. The molecule has 12 heteroatoms. The summed E-state index contributed by atoms with van der Waals surface area (Å²) in [6, 6.07) is 0. The fraction of sp³-hybridized carbons (Fsp3) is 0.444. The van der Waals surface area contributed by atoms with Crippen molar-refractivity contribution >= 4 is 41.2 Å². The molecule has 1 fully saturated rings. The van der Waals surface area contributed by atoms with Gasteiger partial charge in [0.05, 0.1) is 33.5 Å². The van der Waals surface area contributed by atoms with Gasteiger partial charge in [0, 0.05) is 0 Å². The summed E-state index contributed by atoms with van der Waals surface area (Å²) in [5.41, 5.74) is -0.439. The number of alkyl halides is 3. The van der Waals surface area contributed by atoms with Gasteiger partial charge in [-0.05, 0) is 0 Å². The van der Waals surface area contributed by atoms with Crippen LogP contribution in [0.1, 0.15) is 6.42 Å². The summed E-state index contributed by atoms with van der Waals surface area (Å²) in [4.78, 5) is 33.8. The second kappa shape index (κ2) is 7.38. The average molecular weight is 353 g/mol. The second-order valence-corrected chi connectivity index (χ2v) is 6.11. The average Bonchev–Trinajstić information content (AvgIpc) is 2.57. The third-order valence-corrected chi connectivity index (χ3v) is 4.99. The van der Waals surface area contributed by atoms with Crippen LogP contribution in [0.15, 0.2) is 9.93 Å². The van der Waals surface area contributed by atoms with Gasteiger partial charge in [-0.25, -0.2) is 0 Å². The van der Waals surface area contributed by atoms with Crippen LogP contribution in [0.3, 0.4) is 0 Å². The van der Waals surface area contributed by atoms with Gasteiger partial charge in [0.15, 0.2) is 0 Å². The number of hydrogen-bond donors (Lipinski definition) is 0. The van der Waals surface area contributed by atoms with E-state index < -0.39 is 40.7 Å². The van der Waals surface area contributed by atoms with Crippen molar-refractivity contribution in [3.8, 4) is 0 Å². The molecule has 6 nitrogen and oxygen atoms in total. The van der Waals surface area contributed by atoms with Crippen LogP contribution in [-0.2, 0) is 14.4 Å². The molecular weight excluding hydrogens is 346 g/mol. The molecule has 1 atom stereocenters. The van der Waals surface area contributed by atoms with Crippen molar-refractivity contribution in [3.05, 3.63) is 9.93 Å². The molecule has 0 aromatic rings. The van der Waals surface area contributed by atoms with E-state index in [1.165, 1.54) is 0 Å². The zero-order valence-electron chi connectivity index (χ0n) is 10.5. The number of carboxylic acid groups (broad SMARTS) is 1. The fourth-order valence-corrected chi connectivity index (χ4v) is 4.15. The molecule has 0 unspecified atom stereocenters. The van der Waals surface area contributed by atoms with Crippen molar-refractivity contribution in [2.45, 2.75) is 18.0 Å². The topological polar surface area (TPSA) is 109 Å². The number of carbonyl (C=O) groups excluding carboxylic acids is 3. The molecule has 0 saturated carbocycles. The van der Waals surface area contributed by atoms with Crippen molar-refractivity contribution in [2.24, 2.45) is 0 Å². The second-order valence-electron chi connectivity index (χ2n) is 3.67. The minimum Gasteiger partial charge on any atom is -0.543 e. The summed E-state index contributed by atoms with van der Waals surface area (Å²) in [6.07, 6.45) is -4.83. The molecule has 2 aliphatic heterocycles. The maximum absolute atomic E-state index is 12.0. The molecular formula is C9H7F3NNaO5S2. The Bertz CT molecular complexity index is 510. The number of β-lactam (4-membered cyclic amide) rings is 1. The minimum absolute atomic E-state index is 0. The largest absolute Gasteiger partial charge is 1.00 e. The van der Waals surface area contributed by atoms with E-state index in [1.54, 1.807) is 0 Å². The van der Waals surface area contributed by atoms with Crippen LogP contribution in [0.2, 0.25) is 0 Å². The van der Waals surface area contributed by atoms with Crippen LogP contribution >= 0.6 is 23.5 Å². The molecule has 0 aromatic heterocycles. The number of Topliss-reactive ketones (excluding diaryl/α,β-unsaturated/α-hetero) is 1. The molecule has 2 N–H and O–H groups in total. The summed E-state index contributed by atoms with van der Waals surface area (Å²) in [5, 5.41) is 10.5. The van der Waals surface area contributed by atoms with Crippen molar-refractivity contribution < 1.29 is 67.7 Å². The molecule has 0 spiro atoms. The van der Waals surface area contributed by atoms with Crippen LogP contribution in [0.4, 0.5) is 13.2 Å². The van der Waals surface area contributed by atoms with Gasteiger partial charge in [-0.15, -0.1) is 11.8 Å². The smallest absolute Gasteiger partial charge is 0.543 e. The molecule has 2 aliphatic rings. The number of fused-ring (bicyclic) bond motifs is 1. The van der Waals surface area contributed by atoms with E-state index in [0.29, 0.717) is 11.8 Å². The third-order valence-electron chi connectivity index (χ3n) is 2.43. The normalized spacial score (nSPS) is 20.2. The number of halogens is 3. The first-order valence-corrected chi connectivity index (χ1v) is 6.75. The molecule has 2 rings (SSSR count). The van der Waals surface area contributed by atoms with E-state index in [9.17, 15) is 32.7 Å². The van der Waals surface area contributed by atoms with E-state index in [4.69, 9.17) is 0 Å². The molecule has 1 amide bonds. The van der Waals surface area contributed by atoms with E-state index in [-0.39, 0.29) is 45.7 Å². The molecule has 112 valence electrons. The van der Waals surface area contributed by atoms with Gasteiger partial charge in [-0.3, -0.25) is 14.5 Å². The first-order valence-electron chi connectivity index (χ1n) is 4.89. The zero-order chi connectivity index (χ0) is 14.4. The molecule has 21 heavy (non-hydrogen) atoms. The molecule has 0 aliphatic carbocycles. The number of nitrogens with zero attached hydrogens (tertiary/aromatic N) is 1. The zero-order valence-corrected chi connectivity index (χ0v) is 14.2. The SMILES string of the molecule is O.O=C([O-])C1=C(SCC(=O)C(F)(F)F)S[C@@H]2CC(=O)N12.[Na+]. The Kier molecular flexibility index (Phi) is 7.31. The predicted molar refractivity (Wildman–Crippen MR) is 62.0 cm³/mol. The van der Waals surface area contributed by atoms with Crippen LogP contribution in [0, 0.1) is 0 Å². The summed E-state index contributed by atoms with van der Waals surface area (Å²) in [7, 11) is 0. The predicted octanol–water partition coefficient (Wildman–Crippen LogP) is -3.75. The van der Waals surface area contributed by atoms with Gasteiger partial charge in [0.1, 0.15) is 0 Å². The van der Waals surface area contributed by atoms with E-state index in [0.717, 1.165) is 16.7 Å². The summed E-state index contributed by atoms with van der Waals surface area (Å²) in [6.45, 7) is 0. The van der Waals surface area contributed by atoms with Gasteiger partial charge in [0.25, 0.3) is 0 Å². The number of ketones is 1. The van der Waals surface area contributed by atoms with Crippen LogP contribution in [0.25, 0.3) is 0 Å². The van der Waals surface area contributed by atoms with Crippen molar-refractivity contribution in [1.29, 1.82) is 0 Å². The molecule has 0 aromatic carbocycles. The molecule has 2 heterocycles. The number of carboxylic acids is 1. The summed E-state index contributed by atoms with van der Waals surface area (Å²) in [5.74, 6) is -4.93. The van der Waals surface area contributed by atoms with Gasteiger partial charge >= 0.3 is 35.7 Å². The number of amides is 1. The Morgan fingerprint density at radius 2 is 2.00 bits per heavy atom. The molecule has 0 radical (unpaired) electrons. The summed E-state index contributed by atoms with van der Waals surface area (Å²) >= 11 is 1.42. The van der Waals surface area contributed by atoms with Crippen molar-refractivity contribution in [1.82, 2.24) is 4.90 Å². The number of thioether (sulfide) groups is 2. The molecule has 1 saturated heterocycles. The van der Waals surface area contributed by atoms with Gasteiger partial charge in [0.2, 0.25) is 11.7 Å². The van der Waals surface area contributed by atoms with Crippen molar-refractivity contribution in [2.75, 3.05) is 5.75 Å². The van der Waals surface area contributed by atoms with Gasteiger partial charge in [-0.1, -0.05) is 11.8 Å². The first kappa shape index (κ1) is 20.8. The van der Waals surface area contributed by atoms with Crippen LogP contribution < -0.4 is 34.7 Å². The monoisotopic (exact) mass is 353 g/mol. The van der Waals surface area contributed by atoms with E-state index in [2.05, 4.69) is 0 Å². The van der Waals surface area contributed by atoms with E-state index in [1.807, 2.05) is 0 Å². The molecule has 0 bridgehead atoms. The Morgan fingerprint density at radius 1 is 1.43 bits per heavy atom. The maximum atomic E-state index is 12.0. The van der Waals surface area contributed by atoms with Gasteiger partial charge in [-0.2, -0.15) is 13.2 Å². The Morgan fingerprint density at radius 3 is 2.43 bits per heavy atom. The fourth-order valence-electron chi connectivity index (χ4n) is 1.52. The maximum Gasteiger partial charge on any atom is 1.00 e. The number of carbonyl (C=O) groups is 3. The van der Waals surface area contributed by atoms with Gasteiger partial charge < -0.3 is 15.4 Å². The number of rotatable bonds is 4. The standard InChI is InChI=1S/C9H6F3NO4S2.Na.H2O/c10-9(11,12)3(14)2-18-8-6(7(16)17)13-4(15)1-5(13)19-8;;/h5H,1-2H2,(H,16,17);;1H2/q;+1;/p-1/t5-;;/m1../s1.